The van der Waals surface area contributed by atoms with Crippen LogP contribution < -0.4 is 14.2 Å². The molecule has 2 aromatic carbocycles. The van der Waals surface area contributed by atoms with Gasteiger partial charge in [-0.15, -0.1) is 6.58 Å². The third-order valence-electron chi connectivity index (χ3n) is 15.1. The van der Waals surface area contributed by atoms with Gasteiger partial charge in [-0.05, 0) is 93.6 Å². The van der Waals surface area contributed by atoms with E-state index in [-0.39, 0.29) is 55.2 Å². The third kappa shape index (κ3) is 9.13. The number of fused-ring (bicyclic) bond motifs is 5. The Bertz CT molecular complexity index is 2360. The molecule has 3 aliphatic carbocycles. The summed E-state index contributed by atoms with van der Waals surface area (Å²) in [7, 11) is -2.18. The van der Waals surface area contributed by atoms with E-state index in [9.17, 15) is 22.8 Å². The zero-order valence-corrected chi connectivity index (χ0v) is 37.4. The number of sulfonamides is 1. The van der Waals surface area contributed by atoms with Crippen LogP contribution in [-0.4, -0.2) is 90.8 Å². The number of ketones is 1. The van der Waals surface area contributed by atoms with Crippen LogP contribution in [0.15, 0.2) is 61.2 Å². The predicted octanol–water partition coefficient (Wildman–Crippen LogP) is 7.57. The van der Waals surface area contributed by atoms with Gasteiger partial charge in [0.05, 0.1) is 41.6 Å². The molecule has 2 saturated heterocycles. The molecule has 336 valence electrons. The van der Waals surface area contributed by atoms with Crippen molar-refractivity contribution < 1.29 is 37.1 Å². The number of methoxy groups -OCH3 is 1. The number of ether oxygens (including phenoxy) is 2. The number of hydrogen-bond donors (Lipinski definition) is 1. The van der Waals surface area contributed by atoms with Crippen molar-refractivity contribution >= 4 is 44.4 Å². The normalized spacial score (nSPS) is 28.4. The predicted molar refractivity (Wildman–Crippen MR) is 240 cm³/mol. The Morgan fingerprint density at radius 3 is 2.46 bits per heavy atom. The smallest absolute Gasteiger partial charge is 0.240 e. The third-order valence-corrected chi connectivity index (χ3v) is 16.9. The molecule has 3 saturated carbocycles. The molecule has 12 nitrogen and oxygen atoms in total. The summed E-state index contributed by atoms with van der Waals surface area (Å²) in [5.74, 6) is -0.457. The van der Waals surface area contributed by atoms with E-state index in [0.29, 0.717) is 55.2 Å². The second-order valence-corrected chi connectivity index (χ2v) is 21.3. The van der Waals surface area contributed by atoms with Crippen molar-refractivity contribution in [3.63, 3.8) is 0 Å². The van der Waals surface area contributed by atoms with E-state index in [0.717, 1.165) is 92.9 Å². The summed E-state index contributed by atoms with van der Waals surface area (Å²) in [5, 5.41) is 0.210. The highest BCUT2D eigenvalue weighted by atomic mass is 32.2. The molecule has 6 atom stereocenters. The first kappa shape index (κ1) is 43.5. The Morgan fingerprint density at radius 1 is 0.968 bits per heavy atom. The van der Waals surface area contributed by atoms with Crippen LogP contribution in [0, 0.1) is 29.1 Å². The van der Waals surface area contributed by atoms with Crippen LogP contribution >= 0.6 is 0 Å². The zero-order chi connectivity index (χ0) is 43.9. The number of rotatable bonds is 10. The first-order valence-corrected chi connectivity index (χ1v) is 25.0. The standard InChI is InChI=1S/C50H62N4O8S/c1-3-36-28-50(36,49(58)52-63(59,60)38-20-21-38)29-44(55)43-24-37-31-54(43)48(57)39(33-15-6-4-7-16-33)25-47(56)53-22-12-14-32(30-53)13-10-11-19-35-23-40-42(27-45(35)61-2)51-41(26-46(40)62-37)34-17-8-5-9-18-34/h3,5,8-9,17-18,23,26-27,32-33,36-39,43H,1,4,6-7,10-16,19-22,24-25,28-31H2,2H3,(H,52,58)/t32-,36+,37+,39-,43-,50+/m0/s1. The average molecular weight is 879 g/mol. The molecule has 0 unspecified atom stereocenters. The minimum Gasteiger partial charge on any atom is -0.496 e. The summed E-state index contributed by atoms with van der Waals surface area (Å²) in [5.41, 5.74) is 2.09. The number of aryl methyl sites for hydroxylation is 1. The van der Waals surface area contributed by atoms with Crippen LogP contribution in [-0.2, 0) is 35.6 Å². The molecule has 1 N–H and O–H groups in total. The van der Waals surface area contributed by atoms with E-state index in [1.165, 1.54) is 0 Å². The number of benzene rings is 2. The molecule has 6 bridgehead atoms. The van der Waals surface area contributed by atoms with E-state index in [1.54, 1.807) is 18.1 Å². The average Bonchev–Trinajstić information content (AvgIpc) is 4.23. The van der Waals surface area contributed by atoms with Crippen molar-refractivity contribution in [3.8, 4) is 22.8 Å². The Kier molecular flexibility index (Phi) is 12.4. The van der Waals surface area contributed by atoms with E-state index >= 15 is 4.79 Å². The molecule has 1 aromatic heterocycles. The summed E-state index contributed by atoms with van der Waals surface area (Å²) in [4.78, 5) is 67.3. The lowest BCUT2D eigenvalue weighted by molar-refractivity contribution is -0.147. The molecule has 3 aromatic rings. The van der Waals surface area contributed by atoms with Gasteiger partial charge in [0.1, 0.15) is 17.6 Å². The van der Waals surface area contributed by atoms with Gasteiger partial charge in [0.15, 0.2) is 5.78 Å². The van der Waals surface area contributed by atoms with E-state index in [2.05, 4.69) is 17.4 Å². The molecular weight excluding hydrogens is 817 g/mol. The van der Waals surface area contributed by atoms with Gasteiger partial charge >= 0.3 is 0 Å². The first-order valence-electron chi connectivity index (χ1n) is 23.5. The lowest BCUT2D eigenvalue weighted by atomic mass is 9.77. The topological polar surface area (TPSA) is 152 Å². The Labute approximate surface area is 371 Å². The van der Waals surface area contributed by atoms with Gasteiger partial charge in [0.25, 0.3) is 0 Å². The summed E-state index contributed by atoms with van der Waals surface area (Å²) in [6, 6.07) is 14.9. The second kappa shape index (κ2) is 18.0. The molecule has 63 heavy (non-hydrogen) atoms. The number of pyridine rings is 1. The highest BCUT2D eigenvalue weighted by molar-refractivity contribution is 7.90. The number of aromatic nitrogens is 1. The van der Waals surface area contributed by atoms with Gasteiger partial charge in [0.2, 0.25) is 27.7 Å². The Hall–Kier alpha value is -4.78. The van der Waals surface area contributed by atoms with Gasteiger partial charge in [-0.2, -0.15) is 0 Å². The minimum absolute atomic E-state index is 0.00379. The molecule has 0 radical (unpaired) electrons. The number of nitrogens with zero attached hydrogens (tertiary/aromatic N) is 3. The molecule has 3 aliphatic heterocycles. The van der Waals surface area contributed by atoms with Crippen LogP contribution in [0.25, 0.3) is 22.2 Å². The van der Waals surface area contributed by atoms with Crippen molar-refractivity contribution in [2.45, 2.75) is 127 Å². The summed E-state index contributed by atoms with van der Waals surface area (Å²) >= 11 is 0. The SMILES string of the molecule is C=C[C@@H]1C[C@]1(CC(=O)[C@@H]1C[C@@H]2CN1C(=O)[C@H](C1CCCCC1)CC(=O)N1CCC[C@H](CCCCc3cc4c(cc(-c5ccccc5)nc4cc3OC)O2)C1)C(=O)NS(=O)(=O)C1CC1. The van der Waals surface area contributed by atoms with Crippen molar-refractivity contribution in [1.82, 2.24) is 19.5 Å². The highest BCUT2D eigenvalue weighted by Gasteiger charge is 2.61. The fraction of sp³-hybridized carbons (Fsp3) is 0.580. The zero-order valence-electron chi connectivity index (χ0n) is 36.6. The van der Waals surface area contributed by atoms with Gasteiger partial charge in [-0.25, -0.2) is 13.4 Å². The van der Waals surface area contributed by atoms with Gasteiger partial charge < -0.3 is 19.3 Å². The number of Topliss-reactive ketones (excluding diaryl/α,β-unsaturated/α-hetero) is 1. The summed E-state index contributed by atoms with van der Waals surface area (Å²) in [6.07, 6.45) is 12.9. The molecule has 0 spiro atoms. The monoisotopic (exact) mass is 878 g/mol. The molecular formula is C50H62N4O8S. The molecule has 4 heterocycles. The van der Waals surface area contributed by atoms with Gasteiger partial charge in [-0.1, -0.05) is 62.1 Å². The first-order chi connectivity index (χ1) is 30.5. The van der Waals surface area contributed by atoms with Crippen molar-refractivity contribution in [2.24, 2.45) is 29.1 Å². The fourth-order valence-electron chi connectivity index (χ4n) is 11.2. The van der Waals surface area contributed by atoms with Crippen LogP contribution in [0.2, 0.25) is 0 Å². The number of nitrogens with one attached hydrogen (secondary N) is 1. The number of piperidine rings is 1. The summed E-state index contributed by atoms with van der Waals surface area (Å²) < 4.78 is 41.2. The molecule has 13 heteroatoms. The fourth-order valence-corrected chi connectivity index (χ4v) is 12.6. The van der Waals surface area contributed by atoms with Crippen LogP contribution in [0.3, 0.4) is 0 Å². The van der Waals surface area contributed by atoms with Crippen molar-refractivity contribution in [1.29, 1.82) is 0 Å². The maximum atomic E-state index is 15.4. The summed E-state index contributed by atoms with van der Waals surface area (Å²) in [6.45, 7) is 5.40. The maximum absolute atomic E-state index is 15.4. The lowest BCUT2D eigenvalue weighted by Gasteiger charge is -2.37. The van der Waals surface area contributed by atoms with Crippen LogP contribution in [0.4, 0.5) is 0 Å². The number of hydrogen-bond acceptors (Lipinski definition) is 9. The van der Waals surface area contributed by atoms with Crippen molar-refractivity contribution in [3.05, 3.63) is 66.7 Å². The lowest BCUT2D eigenvalue weighted by Crippen LogP contribution is -2.49. The molecule has 9 rings (SSSR count). The van der Waals surface area contributed by atoms with E-state index in [4.69, 9.17) is 14.5 Å². The van der Waals surface area contributed by atoms with Crippen molar-refractivity contribution in [2.75, 3.05) is 26.7 Å². The molecule has 6 aliphatic rings. The Morgan fingerprint density at radius 2 is 1.73 bits per heavy atom. The number of carbonyl (C=O) groups excluding carboxylic acids is 4. The number of allylic oxidation sites excluding steroid dienone is 1. The second-order valence-electron chi connectivity index (χ2n) is 19.4. The van der Waals surface area contributed by atoms with Gasteiger partial charge in [0, 0.05) is 61.4 Å². The maximum Gasteiger partial charge on any atom is 0.240 e. The van der Waals surface area contributed by atoms with E-state index in [1.807, 2.05) is 47.4 Å². The molecule has 3 amide bonds. The largest absolute Gasteiger partial charge is 0.496 e. The Balaban J connectivity index is 1.11. The van der Waals surface area contributed by atoms with Crippen LogP contribution in [0.5, 0.6) is 11.5 Å². The van der Waals surface area contributed by atoms with Gasteiger partial charge in [-0.3, -0.25) is 23.9 Å². The van der Waals surface area contributed by atoms with E-state index < -0.39 is 44.7 Å². The minimum atomic E-state index is -3.86. The highest BCUT2D eigenvalue weighted by Crippen LogP contribution is 2.57. The quantitative estimate of drug-likeness (QED) is 0.203. The molecule has 5 fully saturated rings. The van der Waals surface area contributed by atoms with Crippen LogP contribution in [0.1, 0.15) is 108 Å². The number of amides is 3. The number of carbonyl (C=O) groups is 4.